The lowest BCUT2D eigenvalue weighted by molar-refractivity contribution is -0.117. The van der Waals surface area contributed by atoms with E-state index in [1.54, 1.807) is 0 Å². The van der Waals surface area contributed by atoms with Crippen molar-refractivity contribution in [2.45, 2.75) is 33.1 Å². The lowest BCUT2D eigenvalue weighted by Crippen LogP contribution is -2.03. The summed E-state index contributed by atoms with van der Waals surface area (Å²) in [5.74, 6) is 0.255. The quantitative estimate of drug-likeness (QED) is 0.668. The van der Waals surface area contributed by atoms with E-state index in [9.17, 15) is 4.79 Å². The second kappa shape index (κ2) is 5.50. The van der Waals surface area contributed by atoms with E-state index in [0.29, 0.717) is 12.8 Å². The minimum atomic E-state index is 0.255. The first-order chi connectivity index (χ1) is 7.11. The van der Waals surface area contributed by atoms with Crippen LogP contribution >= 0.6 is 0 Å². The molecule has 1 rings (SSSR count). The average Bonchev–Trinajstić information content (AvgIpc) is 2.21. The molecule has 15 heavy (non-hydrogen) atoms. The van der Waals surface area contributed by atoms with Gasteiger partial charge in [0, 0.05) is 12.8 Å². The zero-order valence-electron chi connectivity index (χ0n) is 9.55. The molecule has 0 radical (unpaired) electrons. The molecule has 0 aliphatic heterocycles. The number of hydrogen-bond acceptors (Lipinski definition) is 1. The maximum Gasteiger partial charge on any atom is 0.141 e. The Balaban J connectivity index is 2.51. The molecule has 0 bridgehead atoms. The number of rotatable bonds is 5. The number of ketones is 1. The predicted octanol–water partition coefficient (Wildman–Crippen LogP) is 3.46. The Morgan fingerprint density at radius 2 is 1.87 bits per heavy atom. The molecule has 0 atom stereocenters. The van der Waals surface area contributed by atoms with Crippen molar-refractivity contribution in [2.75, 3.05) is 0 Å². The number of allylic oxidation sites excluding steroid dienone is 1. The number of aryl methyl sites for hydroxylation is 1. The predicted molar refractivity (Wildman–Crippen MR) is 63.9 cm³/mol. The highest BCUT2D eigenvalue weighted by Crippen LogP contribution is 2.09. The van der Waals surface area contributed by atoms with Crippen molar-refractivity contribution in [1.29, 1.82) is 0 Å². The van der Waals surface area contributed by atoms with Gasteiger partial charge in [0.1, 0.15) is 5.78 Å². The number of hydrogen-bond donors (Lipinski definition) is 0. The summed E-state index contributed by atoms with van der Waals surface area (Å²) in [5, 5.41) is 0. The Kier molecular flexibility index (Phi) is 4.29. The average molecular weight is 202 g/mol. The van der Waals surface area contributed by atoms with E-state index in [2.05, 4.69) is 6.58 Å². The summed E-state index contributed by atoms with van der Waals surface area (Å²) < 4.78 is 0. The third kappa shape index (κ3) is 4.11. The summed E-state index contributed by atoms with van der Waals surface area (Å²) in [6.45, 7) is 7.92. The van der Waals surface area contributed by atoms with Crippen molar-refractivity contribution in [3.8, 4) is 0 Å². The van der Waals surface area contributed by atoms with Gasteiger partial charge in [0.15, 0.2) is 0 Å². The third-order valence-electron chi connectivity index (χ3n) is 2.47. The highest BCUT2D eigenvalue weighted by Gasteiger charge is 2.04. The standard InChI is InChI=1S/C14H18O/c1-4-11(2)9-14(15)10-13-7-5-12(3)6-8-13/h5-8H,2,4,9-10H2,1,3H3. The molecule has 1 heteroatoms. The van der Waals surface area contributed by atoms with Gasteiger partial charge in [0.25, 0.3) is 0 Å². The van der Waals surface area contributed by atoms with E-state index in [4.69, 9.17) is 0 Å². The Labute approximate surface area is 91.8 Å². The monoisotopic (exact) mass is 202 g/mol. The molecule has 0 spiro atoms. The molecule has 0 N–H and O–H groups in total. The van der Waals surface area contributed by atoms with E-state index in [0.717, 1.165) is 17.6 Å². The van der Waals surface area contributed by atoms with Crippen LogP contribution in [0.1, 0.15) is 30.9 Å². The van der Waals surface area contributed by atoms with Gasteiger partial charge in [-0.3, -0.25) is 4.79 Å². The first-order valence-electron chi connectivity index (χ1n) is 5.35. The number of benzene rings is 1. The molecule has 0 saturated carbocycles. The molecule has 0 unspecified atom stereocenters. The summed E-state index contributed by atoms with van der Waals surface area (Å²) >= 11 is 0. The Hall–Kier alpha value is -1.37. The maximum atomic E-state index is 11.6. The normalized spacial score (nSPS) is 10.0. The van der Waals surface area contributed by atoms with Crippen LogP contribution in [0, 0.1) is 6.92 Å². The fraction of sp³-hybridized carbons (Fsp3) is 0.357. The first kappa shape index (κ1) is 11.7. The van der Waals surface area contributed by atoms with Gasteiger partial charge in [-0.2, -0.15) is 0 Å². The van der Waals surface area contributed by atoms with Gasteiger partial charge in [-0.15, -0.1) is 0 Å². The van der Waals surface area contributed by atoms with Gasteiger partial charge < -0.3 is 0 Å². The van der Waals surface area contributed by atoms with Gasteiger partial charge >= 0.3 is 0 Å². The molecule has 1 nitrogen and oxygen atoms in total. The number of carbonyl (C=O) groups excluding carboxylic acids is 1. The molecule has 0 saturated heterocycles. The van der Waals surface area contributed by atoms with Crippen molar-refractivity contribution in [1.82, 2.24) is 0 Å². The van der Waals surface area contributed by atoms with Crippen LogP contribution < -0.4 is 0 Å². The molecule has 80 valence electrons. The minimum Gasteiger partial charge on any atom is -0.299 e. The molecule has 0 aliphatic rings. The van der Waals surface area contributed by atoms with Crippen LogP contribution in [0.5, 0.6) is 0 Å². The van der Waals surface area contributed by atoms with Gasteiger partial charge in [0.2, 0.25) is 0 Å². The second-order valence-corrected chi connectivity index (χ2v) is 3.98. The minimum absolute atomic E-state index is 0.255. The molecule has 0 aliphatic carbocycles. The summed E-state index contributed by atoms with van der Waals surface area (Å²) in [7, 11) is 0. The SMILES string of the molecule is C=C(CC)CC(=O)Cc1ccc(C)cc1. The number of Topliss-reactive ketones (excluding diaryl/α,β-unsaturated/α-hetero) is 1. The van der Waals surface area contributed by atoms with Gasteiger partial charge in [-0.1, -0.05) is 48.9 Å². The van der Waals surface area contributed by atoms with Crippen LogP contribution in [0.15, 0.2) is 36.4 Å². The lowest BCUT2D eigenvalue weighted by Gasteiger charge is -2.03. The van der Waals surface area contributed by atoms with Crippen LogP contribution in [0.3, 0.4) is 0 Å². The lowest BCUT2D eigenvalue weighted by atomic mass is 10.0. The van der Waals surface area contributed by atoms with E-state index >= 15 is 0 Å². The summed E-state index contributed by atoms with van der Waals surface area (Å²) in [4.78, 5) is 11.6. The first-order valence-corrected chi connectivity index (χ1v) is 5.35. The molecule has 0 fully saturated rings. The zero-order chi connectivity index (χ0) is 11.3. The van der Waals surface area contributed by atoms with Crippen molar-refractivity contribution in [3.05, 3.63) is 47.5 Å². The van der Waals surface area contributed by atoms with Gasteiger partial charge in [-0.05, 0) is 18.9 Å². The molecular weight excluding hydrogens is 184 g/mol. The summed E-state index contributed by atoms with van der Waals surface area (Å²) in [6.07, 6.45) is 1.93. The second-order valence-electron chi connectivity index (χ2n) is 3.98. The molecule has 1 aromatic carbocycles. The molecule has 0 amide bonds. The van der Waals surface area contributed by atoms with Gasteiger partial charge in [-0.25, -0.2) is 0 Å². The van der Waals surface area contributed by atoms with Crippen molar-refractivity contribution in [3.63, 3.8) is 0 Å². The highest BCUT2D eigenvalue weighted by molar-refractivity contribution is 5.82. The largest absolute Gasteiger partial charge is 0.299 e. The van der Waals surface area contributed by atoms with Crippen molar-refractivity contribution in [2.24, 2.45) is 0 Å². The van der Waals surface area contributed by atoms with Crippen molar-refractivity contribution >= 4 is 5.78 Å². The smallest absolute Gasteiger partial charge is 0.141 e. The fourth-order valence-corrected chi connectivity index (χ4v) is 1.40. The molecule has 0 aromatic heterocycles. The summed E-state index contributed by atoms with van der Waals surface area (Å²) in [6, 6.07) is 8.11. The van der Waals surface area contributed by atoms with E-state index in [1.807, 2.05) is 38.1 Å². The molecule has 1 aromatic rings. The van der Waals surface area contributed by atoms with Crippen molar-refractivity contribution < 1.29 is 4.79 Å². The fourth-order valence-electron chi connectivity index (χ4n) is 1.40. The topological polar surface area (TPSA) is 17.1 Å². The maximum absolute atomic E-state index is 11.6. The van der Waals surface area contributed by atoms with E-state index in [1.165, 1.54) is 5.56 Å². The zero-order valence-corrected chi connectivity index (χ0v) is 9.55. The van der Waals surface area contributed by atoms with Crippen LogP contribution in [-0.4, -0.2) is 5.78 Å². The highest BCUT2D eigenvalue weighted by atomic mass is 16.1. The van der Waals surface area contributed by atoms with Crippen LogP contribution in [0.4, 0.5) is 0 Å². The van der Waals surface area contributed by atoms with Crippen LogP contribution in [-0.2, 0) is 11.2 Å². The van der Waals surface area contributed by atoms with E-state index < -0.39 is 0 Å². The Morgan fingerprint density at radius 1 is 1.27 bits per heavy atom. The Morgan fingerprint density at radius 3 is 2.40 bits per heavy atom. The molecule has 0 heterocycles. The molecular formula is C14H18O. The number of carbonyl (C=O) groups is 1. The van der Waals surface area contributed by atoms with Crippen LogP contribution in [0.2, 0.25) is 0 Å². The van der Waals surface area contributed by atoms with E-state index in [-0.39, 0.29) is 5.78 Å². The Bertz CT molecular complexity index is 346. The van der Waals surface area contributed by atoms with Gasteiger partial charge in [0.05, 0.1) is 0 Å². The third-order valence-corrected chi connectivity index (χ3v) is 2.47. The summed E-state index contributed by atoms with van der Waals surface area (Å²) in [5.41, 5.74) is 3.34. The van der Waals surface area contributed by atoms with Crippen LogP contribution in [0.25, 0.3) is 0 Å².